The van der Waals surface area contributed by atoms with Gasteiger partial charge < -0.3 is 4.74 Å². The molecule has 0 bridgehead atoms. The highest BCUT2D eigenvalue weighted by Crippen LogP contribution is 2.28. The summed E-state index contributed by atoms with van der Waals surface area (Å²) in [5.41, 5.74) is -0.335. The molecule has 0 saturated heterocycles. The number of halogens is 2. The Bertz CT molecular complexity index is 430. The van der Waals surface area contributed by atoms with Crippen LogP contribution in [0, 0.1) is 11.6 Å². The highest BCUT2D eigenvalue weighted by atomic mass is 19.1. The third kappa shape index (κ3) is 3.42. The van der Waals surface area contributed by atoms with Crippen LogP contribution in [-0.2, 0) is 10.2 Å². The van der Waals surface area contributed by atoms with E-state index >= 15 is 0 Å². The standard InChI is InChI=1S/C13H17F2NO2/c1-5-18-12(17)16-11-9(14)6-8(7-10(11)15)13(2,3)4/h6-7H,5H2,1-4H3,(H,16,17). The summed E-state index contributed by atoms with van der Waals surface area (Å²) in [6.45, 7) is 7.28. The van der Waals surface area contributed by atoms with Crippen LogP contribution in [0.3, 0.4) is 0 Å². The maximum atomic E-state index is 13.7. The van der Waals surface area contributed by atoms with Crippen molar-refractivity contribution >= 4 is 11.8 Å². The summed E-state index contributed by atoms with van der Waals surface area (Å²) in [5.74, 6) is -1.62. The normalized spacial score (nSPS) is 11.2. The molecule has 0 aliphatic carbocycles. The number of benzene rings is 1. The molecular formula is C13H17F2NO2. The fraction of sp³-hybridized carbons (Fsp3) is 0.462. The molecule has 0 unspecified atom stereocenters. The molecule has 0 radical (unpaired) electrons. The number of hydrogen-bond donors (Lipinski definition) is 1. The maximum Gasteiger partial charge on any atom is 0.411 e. The van der Waals surface area contributed by atoms with Crippen molar-refractivity contribution in [2.45, 2.75) is 33.1 Å². The number of rotatable bonds is 2. The second-order valence-electron chi connectivity index (χ2n) is 4.91. The topological polar surface area (TPSA) is 38.3 Å². The number of anilines is 1. The molecule has 0 spiro atoms. The first-order chi connectivity index (χ1) is 8.25. The van der Waals surface area contributed by atoms with Gasteiger partial charge in [-0.15, -0.1) is 0 Å². The SMILES string of the molecule is CCOC(=O)Nc1c(F)cc(C(C)(C)C)cc1F. The molecule has 3 nitrogen and oxygen atoms in total. The molecular weight excluding hydrogens is 240 g/mol. The lowest BCUT2D eigenvalue weighted by atomic mass is 9.87. The number of carbonyl (C=O) groups excluding carboxylic acids is 1. The van der Waals surface area contributed by atoms with Gasteiger partial charge in [0.2, 0.25) is 0 Å². The number of ether oxygens (including phenoxy) is 1. The van der Waals surface area contributed by atoms with Crippen molar-refractivity contribution in [2.75, 3.05) is 11.9 Å². The van der Waals surface area contributed by atoms with E-state index in [1.54, 1.807) is 6.92 Å². The van der Waals surface area contributed by atoms with Crippen LogP contribution in [0.15, 0.2) is 12.1 Å². The summed E-state index contributed by atoms with van der Waals surface area (Å²) in [6.07, 6.45) is -0.876. The molecule has 5 heteroatoms. The summed E-state index contributed by atoms with van der Waals surface area (Å²) in [5, 5.41) is 2.05. The molecule has 1 aromatic rings. The van der Waals surface area contributed by atoms with Crippen molar-refractivity contribution in [1.82, 2.24) is 0 Å². The van der Waals surface area contributed by atoms with Crippen LogP contribution in [-0.4, -0.2) is 12.7 Å². The van der Waals surface area contributed by atoms with Crippen LogP contribution in [0.1, 0.15) is 33.3 Å². The molecule has 0 aliphatic rings. The van der Waals surface area contributed by atoms with Gasteiger partial charge in [-0.25, -0.2) is 13.6 Å². The number of hydrogen-bond acceptors (Lipinski definition) is 2. The van der Waals surface area contributed by atoms with Crippen LogP contribution in [0.5, 0.6) is 0 Å². The van der Waals surface area contributed by atoms with Gasteiger partial charge in [-0.05, 0) is 30.0 Å². The third-order valence-corrected chi connectivity index (χ3v) is 2.41. The average Bonchev–Trinajstić information content (AvgIpc) is 2.22. The summed E-state index contributed by atoms with van der Waals surface area (Å²) < 4.78 is 32.0. The Hall–Kier alpha value is -1.65. The van der Waals surface area contributed by atoms with E-state index in [9.17, 15) is 13.6 Å². The van der Waals surface area contributed by atoms with Crippen LogP contribution in [0.2, 0.25) is 0 Å². The Morgan fingerprint density at radius 2 is 1.78 bits per heavy atom. The first kappa shape index (κ1) is 14.4. The van der Waals surface area contributed by atoms with Crippen LogP contribution in [0.25, 0.3) is 0 Å². The third-order valence-electron chi connectivity index (χ3n) is 2.41. The van der Waals surface area contributed by atoms with Crippen LogP contribution in [0.4, 0.5) is 19.3 Å². The van der Waals surface area contributed by atoms with E-state index in [4.69, 9.17) is 0 Å². The van der Waals surface area contributed by atoms with Gasteiger partial charge in [0.15, 0.2) is 0 Å². The summed E-state index contributed by atoms with van der Waals surface area (Å²) in [7, 11) is 0. The van der Waals surface area contributed by atoms with E-state index in [0.29, 0.717) is 5.56 Å². The number of nitrogens with one attached hydrogen (secondary N) is 1. The predicted octanol–water partition coefficient (Wildman–Crippen LogP) is 3.83. The maximum absolute atomic E-state index is 13.7. The van der Waals surface area contributed by atoms with Gasteiger partial charge >= 0.3 is 6.09 Å². The Balaban J connectivity index is 3.06. The minimum atomic E-state index is -0.876. The molecule has 0 heterocycles. The lowest BCUT2D eigenvalue weighted by Gasteiger charge is -2.20. The Kier molecular flexibility index (Phi) is 4.27. The molecule has 18 heavy (non-hydrogen) atoms. The van der Waals surface area contributed by atoms with Gasteiger partial charge in [0.25, 0.3) is 0 Å². The van der Waals surface area contributed by atoms with E-state index in [2.05, 4.69) is 4.74 Å². The molecule has 1 rings (SSSR count). The molecule has 0 saturated carbocycles. The first-order valence-electron chi connectivity index (χ1n) is 5.69. The lowest BCUT2D eigenvalue weighted by Crippen LogP contribution is -2.17. The van der Waals surface area contributed by atoms with Gasteiger partial charge in [-0.3, -0.25) is 5.32 Å². The smallest absolute Gasteiger partial charge is 0.411 e. The lowest BCUT2D eigenvalue weighted by molar-refractivity contribution is 0.167. The highest BCUT2D eigenvalue weighted by molar-refractivity contribution is 5.85. The van der Waals surface area contributed by atoms with Crippen molar-refractivity contribution < 1.29 is 18.3 Å². The number of amides is 1. The highest BCUT2D eigenvalue weighted by Gasteiger charge is 2.20. The summed E-state index contributed by atoms with van der Waals surface area (Å²) in [6, 6.07) is 2.43. The molecule has 0 atom stereocenters. The van der Waals surface area contributed by atoms with Gasteiger partial charge in [0.1, 0.15) is 17.3 Å². The minimum Gasteiger partial charge on any atom is -0.450 e. The zero-order chi connectivity index (χ0) is 13.9. The van der Waals surface area contributed by atoms with Gasteiger partial charge in [0.05, 0.1) is 6.61 Å². The van der Waals surface area contributed by atoms with Gasteiger partial charge in [0, 0.05) is 0 Å². The summed E-state index contributed by atoms with van der Waals surface area (Å²) in [4.78, 5) is 11.1. The first-order valence-corrected chi connectivity index (χ1v) is 5.69. The van der Waals surface area contributed by atoms with Gasteiger partial charge in [-0.2, -0.15) is 0 Å². The van der Waals surface area contributed by atoms with Crippen LogP contribution >= 0.6 is 0 Å². The van der Waals surface area contributed by atoms with Crippen molar-refractivity contribution in [3.8, 4) is 0 Å². The summed E-state index contributed by atoms with van der Waals surface area (Å²) >= 11 is 0. The van der Waals surface area contributed by atoms with Crippen molar-refractivity contribution in [3.05, 3.63) is 29.3 Å². The molecule has 0 fully saturated rings. The van der Waals surface area contributed by atoms with E-state index in [1.165, 1.54) is 12.1 Å². The predicted molar refractivity (Wildman–Crippen MR) is 65.7 cm³/mol. The zero-order valence-electron chi connectivity index (χ0n) is 10.9. The Labute approximate surface area is 105 Å². The zero-order valence-corrected chi connectivity index (χ0v) is 10.9. The van der Waals surface area contributed by atoms with E-state index in [0.717, 1.165) is 0 Å². The van der Waals surface area contributed by atoms with Crippen molar-refractivity contribution in [2.24, 2.45) is 0 Å². The second-order valence-corrected chi connectivity index (χ2v) is 4.91. The second kappa shape index (κ2) is 5.33. The van der Waals surface area contributed by atoms with Gasteiger partial charge in [-0.1, -0.05) is 20.8 Å². The molecule has 1 amide bonds. The van der Waals surface area contributed by atoms with Crippen LogP contribution < -0.4 is 5.32 Å². The largest absolute Gasteiger partial charge is 0.450 e. The molecule has 1 N–H and O–H groups in total. The molecule has 1 aromatic carbocycles. The molecule has 0 aromatic heterocycles. The minimum absolute atomic E-state index is 0.134. The number of carbonyl (C=O) groups is 1. The average molecular weight is 257 g/mol. The fourth-order valence-electron chi connectivity index (χ4n) is 1.39. The van der Waals surface area contributed by atoms with E-state index in [-0.39, 0.29) is 12.0 Å². The van der Waals surface area contributed by atoms with E-state index < -0.39 is 23.4 Å². The molecule has 0 aliphatic heterocycles. The Morgan fingerprint density at radius 1 is 1.28 bits per heavy atom. The quantitative estimate of drug-likeness (QED) is 0.874. The fourth-order valence-corrected chi connectivity index (χ4v) is 1.39. The van der Waals surface area contributed by atoms with E-state index in [1.807, 2.05) is 26.1 Å². The monoisotopic (exact) mass is 257 g/mol. The van der Waals surface area contributed by atoms with Crippen molar-refractivity contribution in [1.29, 1.82) is 0 Å². The molecule has 100 valence electrons. The Morgan fingerprint density at radius 3 is 2.17 bits per heavy atom. The van der Waals surface area contributed by atoms with Crippen molar-refractivity contribution in [3.63, 3.8) is 0 Å².